The first-order valence-electron chi connectivity index (χ1n) is 7.07. The highest BCUT2D eigenvalue weighted by atomic mass is 16.7. The summed E-state index contributed by atoms with van der Waals surface area (Å²) in [5.74, 6) is -0.340. The smallest absolute Gasteiger partial charge is 0.309 e. The molecule has 0 saturated heterocycles. The van der Waals surface area contributed by atoms with E-state index >= 15 is 0 Å². The Morgan fingerprint density at radius 3 is 2.70 bits per heavy atom. The maximum absolute atomic E-state index is 11.7. The van der Waals surface area contributed by atoms with E-state index in [1.165, 1.54) is 14.0 Å². The van der Waals surface area contributed by atoms with E-state index in [2.05, 4.69) is 10.6 Å². The Kier molecular flexibility index (Phi) is 5.41. The lowest BCUT2D eigenvalue weighted by Crippen LogP contribution is -2.48. The van der Waals surface area contributed by atoms with Gasteiger partial charge in [-0.15, -0.1) is 0 Å². The Hall–Kier alpha value is -2.32. The Bertz CT molecular complexity index is 587. The molecule has 0 radical (unpaired) electrons. The summed E-state index contributed by atoms with van der Waals surface area (Å²) in [4.78, 5) is 23.4. The van der Waals surface area contributed by atoms with Gasteiger partial charge in [0.1, 0.15) is 5.60 Å². The highest BCUT2D eigenvalue weighted by Gasteiger charge is 2.23. The fourth-order valence-electron chi connectivity index (χ4n) is 2.03. The summed E-state index contributed by atoms with van der Waals surface area (Å²) in [6, 6.07) is 5.25. The summed E-state index contributed by atoms with van der Waals surface area (Å²) in [5, 5.41) is 14.7. The van der Waals surface area contributed by atoms with Gasteiger partial charge in [0, 0.05) is 20.2 Å². The van der Waals surface area contributed by atoms with Crippen LogP contribution >= 0.6 is 0 Å². The van der Waals surface area contributed by atoms with E-state index in [4.69, 9.17) is 14.2 Å². The van der Waals surface area contributed by atoms with Gasteiger partial charge in [-0.3, -0.25) is 9.59 Å². The number of nitrogens with one attached hydrogen (secondary N) is 2. The normalized spacial score (nSPS) is 14.9. The van der Waals surface area contributed by atoms with Crippen molar-refractivity contribution in [2.75, 3.05) is 27.1 Å². The molecule has 1 aromatic carbocycles. The quantitative estimate of drug-likeness (QED) is 0.612. The van der Waals surface area contributed by atoms with Crippen molar-refractivity contribution in [2.24, 2.45) is 0 Å². The lowest BCUT2D eigenvalue weighted by atomic mass is 10.1. The molecule has 2 amide bonds. The zero-order valence-electron chi connectivity index (χ0n) is 13.0. The van der Waals surface area contributed by atoms with Crippen molar-refractivity contribution in [3.63, 3.8) is 0 Å². The molecular formula is C15H20N2O6. The molecule has 126 valence electrons. The number of carbonyl (C=O) groups is 2. The number of ether oxygens (including phenoxy) is 3. The van der Waals surface area contributed by atoms with Crippen LogP contribution < -0.4 is 20.1 Å². The van der Waals surface area contributed by atoms with Gasteiger partial charge in [0.05, 0.1) is 6.61 Å². The minimum absolute atomic E-state index is 0.0477. The number of aliphatic hydroxyl groups is 1. The summed E-state index contributed by atoms with van der Waals surface area (Å²) >= 11 is 0. The van der Waals surface area contributed by atoms with Gasteiger partial charge in [-0.1, -0.05) is 6.07 Å². The standard InChI is InChI=1S/C15H20N2O6/c1-15(20,8-21-2)7-17-14(19)13(18)16-6-10-3-4-11-12(5-10)23-9-22-11/h3-5,20H,6-9H2,1-2H3,(H,16,18)(H,17,19)/t15-/m0/s1. The average molecular weight is 324 g/mol. The van der Waals surface area contributed by atoms with Crippen molar-refractivity contribution >= 4 is 11.8 Å². The van der Waals surface area contributed by atoms with Gasteiger partial charge in [-0.05, 0) is 24.6 Å². The molecule has 2 rings (SSSR count). The summed E-state index contributed by atoms with van der Waals surface area (Å²) in [6.07, 6.45) is 0. The van der Waals surface area contributed by atoms with Gasteiger partial charge < -0.3 is 30.0 Å². The van der Waals surface area contributed by atoms with Gasteiger partial charge in [0.25, 0.3) is 0 Å². The number of hydrogen-bond acceptors (Lipinski definition) is 6. The highest BCUT2D eigenvalue weighted by Crippen LogP contribution is 2.32. The van der Waals surface area contributed by atoms with Crippen LogP contribution in [0.25, 0.3) is 0 Å². The first-order chi connectivity index (χ1) is 10.9. The number of hydrogen-bond donors (Lipinski definition) is 3. The van der Waals surface area contributed by atoms with Crippen LogP contribution in [0.2, 0.25) is 0 Å². The molecule has 1 aliphatic rings. The second kappa shape index (κ2) is 7.30. The van der Waals surface area contributed by atoms with Crippen molar-refractivity contribution in [1.29, 1.82) is 0 Å². The topological polar surface area (TPSA) is 106 Å². The van der Waals surface area contributed by atoms with Crippen molar-refractivity contribution in [3.8, 4) is 11.5 Å². The number of fused-ring (bicyclic) bond motifs is 1. The second-order valence-electron chi connectivity index (χ2n) is 5.48. The Morgan fingerprint density at radius 1 is 1.26 bits per heavy atom. The lowest BCUT2D eigenvalue weighted by molar-refractivity contribution is -0.140. The number of rotatable bonds is 6. The van der Waals surface area contributed by atoms with Gasteiger partial charge in [-0.2, -0.15) is 0 Å². The molecule has 3 N–H and O–H groups in total. The molecule has 1 atom stereocenters. The molecule has 0 aliphatic carbocycles. The first kappa shape index (κ1) is 17.0. The van der Waals surface area contributed by atoms with Crippen LogP contribution in [0, 0.1) is 0 Å². The number of amides is 2. The molecule has 1 aliphatic heterocycles. The zero-order valence-corrected chi connectivity index (χ0v) is 13.0. The third kappa shape index (κ3) is 4.83. The van der Waals surface area contributed by atoms with E-state index in [-0.39, 0.29) is 26.5 Å². The van der Waals surface area contributed by atoms with Gasteiger partial charge >= 0.3 is 11.8 Å². The Morgan fingerprint density at radius 2 is 1.96 bits per heavy atom. The van der Waals surface area contributed by atoms with Crippen LogP contribution in [0.5, 0.6) is 11.5 Å². The third-order valence-corrected chi connectivity index (χ3v) is 3.18. The predicted molar refractivity (Wildman–Crippen MR) is 79.9 cm³/mol. The van der Waals surface area contributed by atoms with E-state index in [1.54, 1.807) is 18.2 Å². The van der Waals surface area contributed by atoms with E-state index in [1.807, 2.05) is 0 Å². The molecule has 0 spiro atoms. The zero-order chi connectivity index (χ0) is 16.9. The monoisotopic (exact) mass is 324 g/mol. The summed E-state index contributed by atoms with van der Waals surface area (Å²) < 4.78 is 15.2. The molecule has 1 aromatic rings. The molecule has 0 saturated carbocycles. The van der Waals surface area contributed by atoms with Crippen LogP contribution in [-0.2, 0) is 20.9 Å². The molecule has 8 heteroatoms. The van der Waals surface area contributed by atoms with Crippen LogP contribution in [0.15, 0.2) is 18.2 Å². The predicted octanol–water partition coefficient (Wildman–Crippen LogP) is -0.455. The van der Waals surface area contributed by atoms with Crippen molar-refractivity contribution < 1.29 is 28.9 Å². The minimum Gasteiger partial charge on any atom is -0.454 e. The van der Waals surface area contributed by atoms with Crippen molar-refractivity contribution in [1.82, 2.24) is 10.6 Å². The Balaban J connectivity index is 1.79. The highest BCUT2D eigenvalue weighted by molar-refractivity contribution is 6.35. The van der Waals surface area contributed by atoms with Gasteiger partial charge in [0.15, 0.2) is 11.5 Å². The van der Waals surface area contributed by atoms with E-state index < -0.39 is 17.4 Å². The molecule has 0 bridgehead atoms. The molecular weight excluding hydrogens is 304 g/mol. The van der Waals surface area contributed by atoms with Gasteiger partial charge in [0.2, 0.25) is 6.79 Å². The SMILES string of the molecule is COC[C@@](C)(O)CNC(=O)C(=O)NCc1ccc2c(c1)OCO2. The van der Waals surface area contributed by atoms with Crippen molar-refractivity contribution in [3.05, 3.63) is 23.8 Å². The largest absolute Gasteiger partial charge is 0.454 e. The molecule has 0 aromatic heterocycles. The molecule has 23 heavy (non-hydrogen) atoms. The Labute approximate surface area is 133 Å². The molecule has 0 unspecified atom stereocenters. The third-order valence-electron chi connectivity index (χ3n) is 3.18. The van der Waals surface area contributed by atoms with Crippen LogP contribution in [-0.4, -0.2) is 49.6 Å². The second-order valence-corrected chi connectivity index (χ2v) is 5.48. The number of benzene rings is 1. The van der Waals surface area contributed by atoms with Crippen molar-refractivity contribution in [2.45, 2.75) is 19.1 Å². The molecule has 1 heterocycles. The molecule has 8 nitrogen and oxygen atoms in total. The van der Waals surface area contributed by atoms with Crippen LogP contribution in [0.4, 0.5) is 0 Å². The van der Waals surface area contributed by atoms with E-state index in [9.17, 15) is 14.7 Å². The number of carbonyl (C=O) groups excluding carboxylic acids is 2. The summed E-state index contributed by atoms with van der Waals surface area (Å²) in [7, 11) is 1.44. The minimum atomic E-state index is -1.23. The first-order valence-corrected chi connectivity index (χ1v) is 7.07. The molecule has 0 fully saturated rings. The fourth-order valence-corrected chi connectivity index (χ4v) is 2.03. The number of methoxy groups -OCH3 is 1. The average Bonchev–Trinajstić information content (AvgIpc) is 2.97. The van der Waals surface area contributed by atoms with Crippen LogP contribution in [0.1, 0.15) is 12.5 Å². The fraction of sp³-hybridized carbons (Fsp3) is 0.467. The van der Waals surface area contributed by atoms with E-state index in [0.717, 1.165) is 5.56 Å². The van der Waals surface area contributed by atoms with E-state index in [0.29, 0.717) is 11.5 Å². The van der Waals surface area contributed by atoms with Crippen LogP contribution in [0.3, 0.4) is 0 Å². The maximum atomic E-state index is 11.7. The lowest BCUT2D eigenvalue weighted by Gasteiger charge is -2.22. The van der Waals surface area contributed by atoms with Gasteiger partial charge in [-0.25, -0.2) is 0 Å². The summed E-state index contributed by atoms with van der Waals surface area (Å²) in [6.45, 7) is 1.82. The summed E-state index contributed by atoms with van der Waals surface area (Å²) in [5.41, 5.74) is -0.455. The maximum Gasteiger partial charge on any atom is 0.309 e.